The van der Waals surface area contributed by atoms with E-state index in [1.54, 1.807) is 30.3 Å². The van der Waals surface area contributed by atoms with E-state index >= 15 is 0 Å². The van der Waals surface area contributed by atoms with E-state index in [1.807, 2.05) is 0 Å². The highest BCUT2D eigenvalue weighted by Gasteiger charge is 2.32. The van der Waals surface area contributed by atoms with Crippen molar-refractivity contribution in [1.29, 1.82) is 0 Å². The van der Waals surface area contributed by atoms with Crippen LogP contribution in [0.1, 0.15) is 49.4 Å². The molecule has 0 saturated heterocycles. The van der Waals surface area contributed by atoms with Crippen molar-refractivity contribution >= 4 is 17.7 Å². The molecule has 1 atom stereocenters. The van der Waals surface area contributed by atoms with Crippen molar-refractivity contribution < 1.29 is 19.1 Å². The number of carbonyl (C=O) groups is 3. The minimum atomic E-state index is -1.28. The Kier molecular flexibility index (Phi) is 5.69. The number of amides is 1. The van der Waals surface area contributed by atoms with E-state index < -0.39 is 23.7 Å². The lowest BCUT2D eigenvalue weighted by Gasteiger charge is -2.24. The Morgan fingerprint density at radius 3 is 2.32 bits per heavy atom. The average Bonchev–Trinajstić information content (AvgIpc) is 2.53. The van der Waals surface area contributed by atoms with Gasteiger partial charge >= 0.3 is 5.97 Å². The molecule has 1 amide bonds. The first-order valence-corrected chi connectivity index (χ1v) is 7.65. The summed E-state index contributed by atoms with van der Waals surface area (Å²) in [5.41, 5.74) is 0.377. The molecular weight excluding hydrogens is 282 g/mol. The van der Waals surface area contributed by atoms with E-state index in [0.29, 0.717) is 5.56 Å². The van der Waals surface area contributed by atoms with Crippen LogP contribution < -0.4 is 5.32 Å². The minimum absolute atomic E-state index is 0.152. The normalized spacial score (nSPS) is 16.6. The van der Waals surface area contributed by atoms with Crippen molar-refractivity contribution in [3.63, 3.8) is 0 Å². The van der Waals surface area contributed by atoms with Gasteiger partial charge in [-0.3, -0.25) is 9.59 Å². The third-order valence-corrected chi connectivity index (χ3v) is 3.74. The lowest BCUT2D eigenvalue weighted by atomic mass is 9.97. The Morgan fingerprint density at radius 1 is 1.09 bits per heavy atom. The molecule has 0 bridgehead atoms. The van der Waals surface area contributed by atoms with Gasteiger partial charge < -0.3 is 10.1 Å². The van der Waals surface area contributed by atoms with Crippen LogP contribution in [-0.4, -0.2) is 29.8 Å². The Balaban J connectivity index is 2.09. The second-order valence-corrected chi connectivity index (χ2v) is 5.56. The van der Waals surface area contributed by atoms with E-state index in [-0.39, 0.29) is 6.10 Å². The summed E-state index contributed by atoms with van der Waals surface area (Å²) in [6, 6.07) is 7.16. The fourth-order valence-electron chi connectivity index (χ4n) is 2.62. The molecule has 118 valence electrons. The second-order valence-electron chi connectivity index (χ2n) is 5.56. The summed E-state index contributed by atoms with van der Waals surface area (Å²) < 4.78 is 5.42. The number of carbonyl (C=O) groups excluding carboxylic acids is 3. The van der Waals surface area contributed by atoms with Gasteiger partial charge in [0, 0.05) is 12.5 Å². The molecule has 22 heavy (non-hydrogen) atoms. The molecular formula is C17H21NO4. The smallest absolute Gasteiger partial charge is 0.337 e. The third kappa shape index (κ3) is 4.41. The van der Waals surface area contributed by atoms with Crippen molar-refractivity contribution in [3.8, 4) is 0 Å². The highest BCUT2D eigenvalue weighted by molar-refractivity contribution is 6.13. The number of nitrogens with one attached hydrogen (secondary N) is 1. The standard InChI is InChI=1S/C17H21NO4/c1-12(19)18-15(16(20)13-8-4-2-5-9-13)17(21)22-14-10-6-3-7-11-14/h2,4-5,8-9,14-15H,3,6-7,10-11H2,1H3,(H,18,19). The number of ether oxygens (including phenoxy) is 1. The van der Waals surface area contributed by atoms with E-state index in [2.05, 4.69) is 5.32 Å². The zero-order valence-corrected chi connectivity index (χ0v) is 12.7. The molecule has 1 aliphatic rings. The summed E-state index contributed by atoms with van der Waals surface area (Å²) in [6.07, 6.45) is 4.67. The zero-order valence-electron chi connectivity index (χ0n) is 12.7. The van der Waals surface area contributed by atoms with Gasteiger partial charge in [-0.2, -0.15) is 0 Å². The van der Waals surface area contributed by atoms with Crippen molar-refractivity contribution in [2.24, 2.45) is 0 Å². The first kappa shape index (κ1) is 16.2. The first-order valence-electron chi connectivity index (χ1n) is 7.65. The van der Waals surface area contributed by atoms with Gasteiger partial charge in [0.15, 0.2) is 11.8 Å². The summed E-state index contributed by atoms with van der Waals surface area (Å²) in [4.78, 5) is 36.1. The average molecular weight is 303 g/mol. The molecule has 1 aromatic carbocycles. The van der Waals surface area contributed by atoms with Gasteiger partial charge in [-0.15, -0.1) is 0 Å². The molecule has 1 fully saturated rings. The Bertz CT molecular complexity index is 535. The second kappa shape index (κ2) is 7.73. The molecule has 1 unspecified atom stereocenters. The Hall–Kier alpha value is -2.17. The Labute approximate surface area is 130 Å². The van der Waals surface area contributed by atoms with E-state index in [1.165, 1.54) is 6.92 Å². The van der Waals surface area contributed by atoms with Gasteiger partial charge in [-0.25, -0.2) is 4.79 Å². The first-order chi connectivity index (χ1) is 10.6. The van der Waals surface area contributed by atoms with Gasteiger partial charge in [0.2, 0.25) is 5.91 Å². The number of rotatable bonds is 5. The summed E-state index contributed by atoms with van der Waals surface area (Å²) >= 11 is 0. The number of benzene rings is 1. The molecule has 5 heteroatoms. The lowest BCUT2D eigenvalue weighted by molar-refractivity contribution is -0.152. The quantitative estimate of drug-likeness (QED) is 0.514. The predicted molar refractivity (Wildman–Crippen MR) is 81.3 cm³/mol. The van der Waals surface area contributed by atoms with Crippen LogP contribution in [0.25, 0.3) is 0 Å². The minimum Gasteiger partial charge on any atom is -0.461 e. The molecule has 1 saturated carbocycles. The van der Waals surface area contributed by atoms with Gasteiger partial charge in [0.05, 0.1) is 0 Å². The third-order valence-electron chi connectivity index (χ3n) is 3.74. The number of hydrogen-bond donors (Lipinski definition) is 1. The van der Waals surface area contributed by atoms with Crippen LogP contribution in [0, 0.1) is 0 Å². The maximum Gasteiger partial charge on any atom is 0.337 e. The van der Waals surface area contributed by atoms with Gasteiger partial charge in [0.25, 0.3) is 0 Å². The van der Waals surface area contributed by atoms with Gasteiger partial charge in [-0.05, 0) is 25.7 Å². The van der Waals surface area contributed by atoms with Crippen LogP contribution in [0.2, 0.25) is 0 Å². The summed E-state index contributed by atoms with van der Waals surface area (Å²) in [6.45, 7) is 1.28. The number of Topliss-reactive ketones (excluding diaryl/α,β-unsaturated/α-hetero) is 1. The van der Waals surface area contributed by atoms with Crippen LogP contribution in [0.15, 0.2) is 30.3 Å². The molecule has 1 aliphatic carbocycles. The molecule has 0 spiro atoms. The maximum atomic E-state index is 12.4. The van der Waals surface area contributed by atoms with Gasteiger partial charge in [0.1, 0.15) is 6.10 Å². The van der Waals surface area contributed by atoms with Crippen molar-refractivity contribution in [2.45, 2.75) is 51.2 Å². The van der Waals surface area contributed by atoms with Crippen LogP contribution >= 0.6 is 0 Å². The fraction of sp³-hybridized carbons (Fsp3) is 0.471. The van der Waals surface area contributed by atoms with E-state index in [0.717, 1.165) is 32.1 Å². The number of esters is 1. The highest BCUT2D eigenvalue weighted by Crippen LogP contribution is 2.21. The number of hydrogen-bond acceptors (Lipinski definition) is 4. The molecule has 0 radical (unpaired) electrons. The van der Waals surface area contributed by atoms with E-state index in [9.17, 15) is 14.4 Å². The Morgan fingerprint density at radius 2 is 1.73 bits per heavy atom. The summed E-state index contributed by atoms with van der Waals surface area (Å²) in [5.74, 6) is -1.55. The molecule has 5 nitrogen and oxygen atoms in total. The SMILES string of the molecule is CC(=O)NC(C(=O)OC1CCCCC1)C(=O)c1ccccc1. The largest absolute Gasteiger partial charge is 0.461 e. The van der Waals surface area contributed by atoms with Crippen LogP contribution in [0.3, 0.4) is 0 Å². The van der Waals surface area contributed by atoms with Crippen LogP contribution in [-0.2, 0) is 14.3 Å². The zero-order chi connectivity index (χ0) is 15.9. The molecule has 1 N–H and O–H groups in total. The number of ketones is 1. The lowest BCUT2D eigenvalue weighted by Crippen LogP contribution is -2.47. The highest BCUT2D eigenvalue weighted by atomic mass is 16.5. The van der Waals surface area contributed by atoms with Gasteiger partial charge in [-0.1, -0.05) is 36.8 Å². The molecule has 0 aromatic heterocycles. The van der Waals surface area contributed by atoms with Crippen molar-refractivity contribution in [1.82, 2.24) is 5.32 Å². The summed E-state index contributed by atoms with van der Waals surface area (Å²) in [7, 11) is 0. The van der Waals surface area contributed by atoms with Crippen molar-refractivity contribution in [3.05, 3.63) is 35.9 Å². The van der Waals surface area contributed by atoms with Crippen LogP contribution in [0.5, 0.6) is 0 Å². The molecule has 1 aromatic rings. The summed E-state index contributed by atoms with van der Waals surface area (Å²) in [5, 5.41) is 2.40. The topological polar surface area (TPSA) is 72.5 Å². The molecule has 0 aliphatic heterocycles. The molecule has 0 heterocycles. The predicted octanol–water partition coefficient (Wildman–Crippen LogP) is 2.25. The maximum absolute atomic E-state index is 12.4. The van der Waals surface area contributed by atoms with Crippen LogP contribution in [0.4, 0.5) is 0 Å². The fourth-order valence-corrected chi connectivity index (χ4v) is 2.62. The molecule has 2 rings (SSSR count). The van der Waals surface area contributed by atoms with E-state index in [4.69, 9.17) is 4.74 Å². The monoisotopic (exact) mass is 303 g/mol. The van der Waals surface area contributed by atoms with Crippen molar-refractivity contribution in [2.75, 3.05) is 0 Å².